The van der Waals surface area contributed by atoms with Crippen molar-refractivity contribution in [3.8, 4) is 0 Å². The molecular weight excluding hydrogens is 274 g/mol. The van der Waals surface area contributed by atoms with Crippen LogP contribution in [0.4, 0.5) is 11.4 Å². The molecule has 0 aliphatic carbocycles. The third-order valence-corrected chi connectivity index (χ3v) is 3.53. The van der Waals surface area contributed by atoms with Gasteiger partial charge in [0, 0.05) is 29.7 Å². The summed E-state index contributed by atoms with van der Waals surface area (Å²) in [6.07, 6.45) is 3.53. The predicted octanol–water partition coefficient (Wildman–Crippen LogP) is 3.35. The molecule has 1 aliphatic rings. The number of pyridine rings is 1. The Hall–Kier alpha value is -2.07. The van der Waals surface area contributed by atoms with Gasteiger partial charge in [-0.1, -0.05) is 17.7 Å². The largest absolute Gasteiger partial charge is 0.385 e. The number of benzene rings is 1. The van der Waals surface area contributed by atoms with E-state index in [4.69, 9.17) is 11.6 Å². The first-order valence-corrected chi connectivity index (χ1v) is 6.90. The van der Waals surface area contributed by atoms with Gasteiger partial charge in [0.05, 0.1) is 0 Å². The molecule has 0 unspecified atom stereocenters. The van der Waals surface area contributed by atoms with E-state index in [0.717, 1.165) is 30.6 Å². The van der Waals surface area contributed by atoms with E-state index >= 15 is 0 Å². The predicted molar refractivity (Wildman–Crippen MR) is 80.5 cm³/mol. The molecule has 0 radical (unpaired) electrons. The summed E-state index contributed by atoms with van der Waals surface area (Å²) >= 11 is 5.82. The number of carbonyl (C=O) groups is 1. The summed E-state index contributed by atoms with van der Waals surface area (Å²) in [6, 6.07) is 9.11. The van der Waals surface area contributed by atoms with E-state index in [1.165, 1.54) is 0 Å². The van der Waals surface area contributed by atoms with E-state index in [1.807, 2.05) is 18.2 Å². The van der Waals surface area contributed by atoms with Crippen LogP contribution in [-0.2, 0) is 6.42 Å². The number of aromatic nitrogens is 1. The number of anilines is 2. The van der Waals surface area contributed by atoms with Crippen molar-refractivity contribution in [1.29, 1.82) is 0 Å². The summed E-state index contributed by atoms with van der Waals surface area (Å²) < 4.78 is 0. The van der Waals surface area contributed by atoms with Crippen LogP contribution in [0.15, 0.2) is 36.5 Å². The second-order valence-corrected chi connectivity index (χ2v) is 5.07. The molecule has 1 amide bonds. The first-order chi connectivity index (χ1) is 9.74. The Balaban J connectivity index is 1.88. The Kier molecular flexibility index (Phi) is 3.56. The van der Waals surface area contributed by atoms with Crippen molar-refractivity contribution in [2.45, 2.75) is 12.8 Å². The number of rotatable bonds is 2. The summed E-state index contributed by atoms with van der Waals surface area (Å²) in [5.74, 6) is -0.118. The van der Waals surface area contributed by atoms with Gasteiger partial charge >= 0.3 is 0 Å². The lowest BCUT2D eigenvalue weighted by Crippen LogP contribution is -2.19. The molecular formula is C15H14ClN3O. The third kappa shape index (κ3) is 2.60. The molecule has 2 N–H and O–H groups in total. The summed E-state index contributed by atoms with van der Waals surface area (Å²) in [5.41, 5.74) is 3.49. The zero-order valence-corrected chi connectivity index (χ0v) is 11.6. The highest BCUT2D eigenvalue weighted by Crippen LogP contribution is 2.26. The first kappa shape index (κ1) is 12.9. The number of hydrogen-bond donors (Lipinski definition) is 2. The molecule has 0 saturated carbocycles. The van der Waals surface area contributed by atoms with Crippen LogP contribution in [0.5, 0.6) is 0 Å². The Morgan fingerprint density at radius 2 is 2.25 bits per heavy atom. The van der Waals surface area contributed by atoms with Gasteiger partial charge in [-0.25, -0.2) is 4.98 Å². The van der Waals surface area contributed by atoms with E-state index < -0.39 is 0 Å². The van der Waals surface area contributed by atoms with Gasteiger partial charge in [0.1, 0.15) is 5.15 Å². The summed E-state index contributed by atoms with van der Waals surface area (Å²) in [4.78, 5) is 16.3. The number of nitrogens with zero attached hydrogens (tertiary/aromatic N) is 1. The van der Waals surface area contributed by atoms with E-state index in [1.54, 1.807) is 18.3 Å². The molecule has 0 spiro atoms. The third-order valence-electron chi connectivity index (χ3n) is 3.32. The standard InChI is InChI=1S/C15H14ClN3O/c16-14-9-10(6-8-18-14)19-15(20)12-3-1-5-13-11(12)4-2-7-17-13/h1,3,5-6,8-9,17H,2,4,7H2,(H,18,19,20). The second-order valence-electron chi connectivity index (χ2n) is 4.68. The monoisotopic (exact) mass is 287 g/mol. The maximum absolute atomic E-state index is 12.4. The van der Waals surface area contributed by atoms with Gasteiger partial charge in [-0.2, -0.15) is 0 Å². The van der Waals surface area contributed by atoms with Crippen LogP contribution >= 0.6 is 11.6 Å². The highest BCUT2D eigenvalue weighted by molar-refractivity contribution is 6.29. The van der Waals surface area contributed by atoms with E-state index in [0.29, 0.717) is 16.4 Å². The molecule has 0 atom stereocenters. The SMILES string of the molecule is O=C(Nc1ccnc(Cl)c1)c1cccc2c1CCCN2. The maximum atomic E-state index is 12.4. The first-order valence-electron chi connectivity index (χ1n) is 6.53. The van der Waals surface area contributed by atoms with Gasteiger partial charge in [-0.3, -0.25) is 4.79 Å². The Morgan fingerprint density at radius 3 is 3.10 bits per heavy atom. The smallest absolute Gasteiger partial charge is 0.256 e. The molecule has 102 valence electrons. The zero-order chi connectivity index (χ0) is 13.9. The summed E-state index contributed by atoms with van der Waals surface area (Å²) in [7, 11) is 0. The minimum Gasteiger partial charge on any atom is -0.385 e. The van der Waals surface area contributed by atoms with Crippen LogP contribution in [0.2, 0.25) is 5.15 Å². The normalized spacial score (nSPS) is 13.2. The minimum absolute atomic E-state index is 0.118. The average Bonchev–Trinajstić information content (AvgIpc) is 2.46. The number of nitrogens with one attached hydrogen (secondary N) is 2. The van der Waals surface area contributed by atoms with Crippen molar-refractivity contribution >= 4 is 28.9 Å². The number of fused-ring (bicyclic) bond motifs is 1. The quantitative estimate of drug-likeness (QED) is 0.833. The topological polar surface area (TPSA) is 54.0 Å². The van der Waals surface area contributed by atoms with Gasteiger partial charge in [0.2, 0.25) is 0 Å². The molecule has 1 aromatic carbocycles. The highest BCUT2D eigenvalue weighted by atomic mass is 35.5. The van der Waals surface area contributed by atoms with Crippen LogP contribution in [0.25, 0.3) is 0 Å². The summed E-state index contributed by atoms with van der Waals surface area (Å²) in [5, 5.41) is 6.54. The van der Waals surface area contributed by atoms with Crippen LogP contribution in [-0.4, -0.2) is 17.4 Å². The van der Waals surface area contributed by atoms with Crippen molar-refractivity contribution in [3.63, 3.8) is 0 Å². The number of carbonyl (C=O) groups excluding carboxylic acids is 1. The molecule has 0 bridgehead atoms. The fourth-order valence-corrected chi connectivity index (χ4v) is 2.58. The van der Waals surface area contributed by atoms with Crippen LogP contribution in [0.1, 0.15) is 22.3 Å². The van der Waals surface area contributed by atoms with Crippen molar-refractivity contribution in [2.75, 3.05) is 17.2 Å². The van der Waals surface area contributed by atoms with Gasteiger partial charge in [-0.15, -0.1) is 0 Å². The molecule has 4 nitrogen and oxygen atoms in total. The molecule has 0 fully saturated rings. The fraction of sp³-hybridized carbons (Fsp3) is 0.200. The van der Waals surface area contributed by atoms with Gasteiger partial charge < -0.3 is 10.6 Å². The van der Waals surface area contributed by atoms with Crippen LogP contribution in [0.3, 0.4) is 0 Å². The fourth-order valence-electron chi connectivity index (χ4n) is 2.40. The minimum atomic E-state index is -0.118. The average molecular weight is 288 g/mol. The molecule has 0 saturated heterocycles. The van der Waals surface area contributed by atoms with Gasteiger partial charge in [0.25, 0.3) is 5.91 Å². The highest BCUT2D eigenvalue weighted by Gasteiger charge is 2.17. The molecule has 5 heteroatoms. The van der Waals surface area contributed by atoms with Gasteiger partial charge in [-0.05, 0) is 42.7 Å². The zero-order valence-electron chi connectivity index (χ0n) is 10.8. The molecule has 2 aromatic rings. The van der Waals surface area contributed by atoms with Crippen molar-refractivity contribution in [2.24, 2.45) is 0 Å². The van der Waals surface area contributed by atoms with Crippen LogP contribution in [0, 0.1) is 0 Å². The lowest BCUT2D eigenvalue weighted by molar-refractivity contribution is 0.102. The Morgan fingerprint density at radius 1 is 1.35 bits per heavy atom. The maximum Gasteiger partial charge on any atom is 0.256 e. The Labute approximate surface area is 122 Å². The van der Waals surface area contributed by atoms with E-state index in [2.05, 4.69) is 15.6 Å². The second kappa shape index (κ2) is 5.51. The van der Waals surface area contributed by atoms with E-state index in [-0.39, 0.29) is 5.91 Å². The molecule has 1 aromatic heterocycles. The van der Waals surface area contributed by atoms with Crippen molar-refractivity contribution in [3.05, 3.63) is 52.8 Å². The number of halogens is 1. The van der Waals surface area contributed by atoms with Crippen molar-refractivity contribution in [1.82, 2.24) is 4.98 Å². The lowest BCUT2D eigenvalue weighted by atomic mass is 9.97. The molecule has 2 heterocycles. The molecule has 1 aliphatic heterocycles. The van der Waals surface area contributed by atoms with Gasteiger partial charge in [0.15, 0.2) is 0 Å². The number of amides is 1. The van der Waals surface area contributed by atoms with Crippen LogP contribution < -0.4 is 10.6 Å². The lowest BCUT2D eigenvalue weighted by Gasteiger charge is -2.20. The molecule has 20 heavy (non-hydrogen) atoms. The Bertz CT molecular complexity index is 657. The van der Waals surface area contributed by atoms with E-state index in [9.17, 15) is 4.79 Å². The number of hydrogen-bond acceptors (Lipinski definition) is 3. The molecule has 3 rings (SSSR count). The summed E-state index contributed by atoms with van der Waals surface area (Å²) in [6.45, 7) is 0.956. The van der Waals surface area contributed by atoms with Crippen molar-refractivity contribution < 1.29 is 4.79 Å².